The number of carboxylic acids is 1. The number of carbonyl (C=O) groups is 2. The zero-order chi connectivity index (χ0) is 16.3. The third-order valence-corrected chi connectivity index (χ3v) is 3.25. The van der Waals surface area contributed by atoms with Crippen molar-refractivity contribution in [3.05, 3.63) is 40.2 Å². The molecule has 0 spiro atoms. The number of aryl methyl sites for hydroxylation is 1. The largest absolute Gasteiger partial charge is 0.480 e. The van der Waals surface area contributed by atoms with Gasteiger partial charge in [-0.25, -0.2) is 0 Å². The molecule has 2 rings (SSSR count). The maximum atomic E-state index is 12.5. The van der Waals surface area contributed by atoms with E-state index in [1.165, 1.54) is 6.20 Å². The Morgan fingerprint density at radius 3 is 2.73 bits per heavy atom. The maximum Gasteiger partial charge on any atom is 0.322 e. The Bertz CT molecular complexity index is 795. The highest BCUT2D eigenvalue weighted by Crippen LogP contribution is 2.18. The normalized spacial score (nSPS) is 10.6. The molecule has 1 amide bonds. The van der Waals surface area contributed by atoms with E-state index < -0.39 is 23.9 Å². The van der Waals surface area contributed by atoms with E-state index in [1.54, 1.807) is 22.8 Å². The van der Waals surface area contributed by atoms with Gasteiger partial charge in [0, 0.05) is 18.4 Å². The molecule has 1 aromatic heterocycles. The van der Waals surface area contributed by atoms with E-state index in [0.717, 1.165) is 6.42 Å². The van der Waals surface area contributed by atoms with Crippen LogP contribution in [0.5, 0.6) is 0 Å². The van der Waals surface area contributed by atoms with Gasteiger partial charge in [-0.3, -0.25) is 14.4 Å². The fourth-order valence-electron chi connectivity index (χ4n) is 2.30. The molecular formula is C15H17N3O4. The average Bonchev–Trinajstić information content (AvgIpc) is 2.47. The van der Waals surface area contributed by atoms with Gasteiger partial charge in [-0.2, -0.15) is 0 Å². The predicted octanol–water partition coefficient (Wildman–Crippen LogP) is 0.808. The van der Waals surface area contributed by atoms with Crippen LogP contribution in [-0.2, 0) is 11.3 Å². The molecule has 0 aliphatic heterocycles. The molecule has 0 bridgehead atoms. The number of hydrogen-bond acceptors (Lipinski definition) is 4. The Balaban J connectivity index is 2.62. The number of fused-ring (bicyclic) bond motifs is 1. The Kier molecular flexibility index (Phi) is 4.45. The first-order valence-electron chi connectivity index (χ1n) is 6.87. The summed E-state index contributed by atoms with van der Waals surface area (Å²) in [5, 5.41) is 11.1. The second-order valence-electron chi connectivity index (χ2n) is 4.88. The molecule has 0 saturated carbocycles. The van der Waals surface area contributed by atoms with Gasteiger partial charge in [0.15, 0.2) is 0 Å². The summed E-state index contributed by atoms with van der Waals surface area (Å²) in [6, 6.07) is 5.11. The lowest BCUT2D eigenvalue weighted by atomic mass is 10.1. The summed E-state index contributed by atoms with van der Waals surface area (Å²) < 4.78 is 1.78. The van der Waals surface area contributed by atoms with Crippen LogP contribution in [0.2, 0.25) is 0 Å². The molecule has 116 valence electrons. The van der Waals surface area contributed by atoms with Gasteiger partial charge in [0.1, 0.15) is 12.1 Å². The van der Waals surface area contributed by atoms with Crippen LogP contribution in [0.15, 0.2) is 29.2 Å². The molecule has 0 radical (unpaired) electrons. The summed E-state index contributed by atoms with van der Waals surface area (Å²) in [5.41, 5.74) is 6.21. The lowest BCUT2D eigenvalue weighted by Gasteiger charge is -2.13. The van der Waals surface area contributed by atoms with Crippen molar-refractivity contribution in [2.45, 2.75) is 19.9 Å². The first-order valence-corrected chi connectivity index (χ1v) is 6.87. The van der Waals surface area contributed by atoms with Crippen molar-refractivity contribution >= 4 is 28.5 Å². The van der Waals surface area contributed by atoms with Crippen LogP contribution in [0.1, 0.15) is 23.7 Å². The number of anilines is 1. The van der Waals surface area contributed by atoms with Gasteiger partial charge in [-0.1, -0.05) is 13.0 Å². The number of aliphatic carboxylic acids is 1. The van der Waals surface area contributed by atoms with E-state index in [-0.39, 0.29) is 10.9 Å². The van der Waals surface area contributed by atoms with Crippen molar-refractivity contribution in [1.29, 1.82) is 0 Å². The highest BCUT2D eigenvalue weighted by Gasteiger charge is 2.17. The van der Waals surface area contributed by atoms with Gasteiger partial charge in [0.25, 0.3) is 5.91 Å². The number of rotatable bonds is 5. The molecule has 0 atom stereocenters. The van der Waals surface area contributed by atoms with Gasteiger partial charge in [0.05, 0.1) is 10.9 Å². The monoisotopic (exact) mass is 303 g/mol. The van der Waals surface area contributed by atoms with Crippen LogP contribution >= 0.6 is 0 Å². The van der Waals surface area contributed by atoms with Gasteiger partial charge < -0.3 is 20.7 Å². The molecule has 0 aliphatic rings. The number of benzene rings is 1. The standard InChI is InChI=1S/C15H17N3O4/c1-2-6-18-8-9(15(22)17-7-12(19)20)14(21)13-10(16)4-3-5-11(13)18/h3-5,8H,2,6-7,16H2,1H3,(H,17,22)(H,19,20). The Hall–Kier alpha value is -2.83. The van der Waals surface area contributed by atoms with Crippen LogP contribution in [0.25, 0.3) is 10.9 Å². The van der Waals surface area contributed by atoms with Crippen LogP contribution in [-0.4, -0.2) is 28.1 Å². The van der Waals surface area contributed by atoms with Crippen molar-refractivity contribution in [3.8, 4) is 0 Å². The Labute approximate surface area is 126 Å². The summed E-state index contributed by atoms with van der Waals surface area (Å²) in [6.45, 7) is 2.04. The number of pyridine rings is 1. The summed E-state index contributed by atoms with van der Waals surface area (Å²) in [7, 11) is 0. The van der Waals surface area contributed by atoms with Crippen LogP contribution in [0, 0.1) is 0 Å². The second kappa shape index (κ2) is 6.30. The summed E-state index contributed by atoms with van der Waals surface area (Å²) in [5.74, 6) is -1.90. The molecular weight excluding hydrogens is 286 g/mol. The Morgan fingerprint density at radius 1 is 1.36 bits per heavy atom. The highest BCUT2D eigenvalue weighted by atomic mass is 16.4. The number of aromatic nitrogens is 1. The molecule has 7 nitrogen and oxygen atoms in total. The van der Waals surface area contributed by atoms with Crippen molar-refractivity contribution in [2.24, 2.45) is 0 Å². The Morgan fingerprint density at radius 2 is 2.09 bits per heavy atom. The summed E-state index contributed by atoms with van der Waals surface area (Å²) in [6.07, 6.45) is 2.26. The van der Waals surface area contributed by atoms with Crippen molar-refractivity contribution in [2.75, 3.05) is 12.3 Å². The number of nitrogen functional groups attached to an aromatic ring is 1. The quantitative estimate of drug-likeness (QED) is 0.707. The molecule has 1 aromatic carbocycles. The number of amides is 1. The van der Waals surface area contributed by atoms with E-state index in [2.05, 4.69) is 5.32 Å². The zero-order valence-corrected chi connectivity index (χ0v) is 12.1. The minimum absolute atomic E-state index is 0.111. The van der Waals surface area contributed by atoms with Gasteiger partial charge in [-0.05, 0) is 18.6 Å². The number of carboxylic acid groups (broad SMARTS) is 1. The van der Waals surface area contributed by atoms with Gasteiger partial charge >= 0.3 is 5.97 Å². The van der Waals surface area contributed by atoms with Crippen molar-refractivity contribution in [1.82, 2.24) is 9.88 Å². The van der Waals surface area contributed by atoms with Crippen molar-refractivity contribution < 1.29 is 14.7 Å². The van der Waals surface area contributed by atoms with Gasteiger partial charge in [0.2, 0.25) is 5.43 Å². The first-order chi connectivity index (χ1) is 10.5. The minimum Gasteiger partial charge on any atom is -0.480 e. The zero-order valence-electron chi connectivity index (χ0n) is 12.1. The topological polar surface area (TPSA) is 114 Å². The second-order valence-corrected chi connectivity index (χ2v) is 4.88. The molecule has 1 heterocycles. The van der Waals surface area contributed by atoms with Gasteiger partial charge in [-0.15, -0.1) is 0 Å². The SMILES string of the molecule is CCCn1cc(C(=O)NCC(=O)O)c(=O)c2c(N)cccc21. The molecule has 0 fully saturated rings. The molecule has 0 saturated heterocycles. The smallest absolute Gasteiger partial charge is 0.322 e. The summed E-state index contributed by atoms with van der Waals surface area (Å²) in [4.78, 5) is 35.1. The number of carbonyl (C=O) groups excluding carboxylic acids is 1. The molecule has 0 unspecified atom stereocenters. The first kappa shape index (κ1) is 15.6. The van der Waals surface area contributed by atoms with E-state index in [0.29, 0.717) is 17.7 Å². The molecule has 2 aromatic rings. The number of nitrogens with zero attached hydrogens (tertiary/aromatic N) is 1. The van der Waals surface area contributed by atoms with Crippen molar-refractivity contribution in [3.63, 3.8) is 0 Å². The van der Waals surface area contributed by atoms with Crippen LogP contribution < -0.4 is 16.5 Å². The predicted molar refractivity (Wildman–Crippen MR) is 82.9 cm³/mol. The maximum absolute atomic E-state index is 12.5. The van der Waals surface area contributed by atoms with E-state index in [1.807, 2.05) is 6.92 Å². The van der Waals surface area contributed by atoms with E-state index in [9.17, 15) is 14.4 Å². The lowest BCUT2D eigenvalue weighted by Crippen LogP contribution is -2.33. The summed E-state index contributed by atoms with van der Waals surface area (Å²) >= 11 is 0. The van der Waals surface area contributed by atoms with Crippen LogP contribution in [0.4, 0.5) is 5.69 Å². The number of hydrogen-bond donors (Lipinski definition) is 3. The molecule has 4 N–H and O–H groups in total. The van der Waals surface area contributed by atoms with E-state index >= 15 is 0 Å². The number of nitrogens with one attached hydrogen (secondary N) is 1. The highest BCUT2D eigenvalue weighted by molar-refractivity contribution is 6.00. The van der Waals surface area contributed by atoms with E-state index in [4.69, 9.17) is 10.8 Å². The fourth-order valence-corrected chi connectivity index (χ4v) is 2.30. The molecule has 22 heavy (non-hydrogen) atoms. The third-order valence-electron chi connectivity index (χ3n) is 3.25. The molecule has 0 aliphatic carbocycles. The lowest BCUT2D eigenvalue weighted by molar-refractivity contribution is -0.135. The third kappa shape index (κ3) is 2.93. The average molecular weight is 303 g/mol. The number of nitrogens with two attached hydrogens (primary N) is 1. The van der Waals surface area contributed by atoms with Crippen LogP contribution in [0.3, 0.4) is 0 Å². The fraction of sp³-hybridized carbons (Fsp3) is 0.267. The molecule has 7 heteroatoms. The minimum atomic E-state index is -1.18.